The lowest BCUT2D eigenvalue weighted by Crippen LogP contribution is -2.49. The van der Waals surface area contributed by atoms with Gasteiger partial charge in [-0.15, -0.1) is 0 Å². The molecule has 2 rings (SSSR count). The molecular weight excluding hydrogens is 248 g/mol. The monoisotopic (exact) mass is 276 g/mol. The van der Waals surface area contributed by atoms with E-state index in [4.69, 9.17) is 10.8 Å². The number of allylic oxidation sites excluding steroid dienone is 3. The molecule has 0 heterocycles. The van der Waals surface area contributed by atoms with Crippen LogP contribution in [0, 0.1) is 5.92 Å². The molecule has 0 aliphatic heterocycles. The van der Waals surface area contributed by atoms with Gasteiger partial charge in [-0.1, -0.05) is 43.2 Å². The van der Waals surface area contributed by atoms with Crippen molar-refractivity contribution in [2.24, 2.45) is 11.7 Å². The first kappa shape index (κ1) is 15.5. The summed E-state index contributed by atoms with van der Waals surface area (Å²) in [6, 6.07) is 1.07. The zero-order valence-electron chi connectivity index (χ0n) is 12.5. The van der Waals surface area contributed by atoms with Crippen molar-refractivity contribution in [2.75, 3.05) is 6.61 Å². The molecule has 0 aromatic rings. The Morgan fingerprint density at radius 3 is 3.05 bits per heavy atom. The molecule has 0 radical (unpaired) electrons. The summed E-state index contributed by atoms with van der Waals surface area (Å²) in [6.07, 6.45) is 16.3. The first-order valence-electron chi connectivity index (χ1n) is 7.90. The Morgan fingerprint density at radius 2 is 2.25 bits per heavy atom. The van der Waals surface area contributed by atoms with Gasteiger partial charge in [-0.3, -0.25) is 0 Å². The highest BCUT2D eigenvalue weighted by Gasteiger charge is 2.31. The lowest BCUT2D eigenvalue weighted by Gasteiger charge is -2.37. The molecule has 0 fully saturated rings. The highest BCUT2D eigenvalue weighted by atomic mass is 16.2. The van der Waals surface area contributed by atoms with Crippen molar-refractivity contribution in [1.29, 1.82) is 0 Å². The largest absolute Gasteiger partial charge is 0.396 e. The summed E-state index contributed by atoms with van der Waals surface area (Å²) in [4.78, 5) is 0. The maximum absolute atomic E-state index is 8.80. The van der Waals surface area contributed by atoms with Crippen LogP contribution in [-0.4, -0.2) is 29.8 Å². The number of fused-ring (bicyclic) bond motifs is 1. The minimum Gasteiger partial charge on any atom is -0.396 e. The molecule has 0 aromatic heterocycles. The quantitative estimate of drug-likeness (QED) is 0.625. The van der Waals surface area contributed by atoms with Crippen LogP contribution in [0.1, 0.15) is 39.0 Å². The molecule has 0 amide bonds. The normalized spacial score (nSPS) is 29.9. The number of aliphatic hydroxyl groups is 1. The molecule has 4 atom stereocenters. The zero-order valence-corrected chi connectivity index (χ0v) is 12.5. The second-order valence-corrected chi connectivity index (χ2v) is 6.04. The fourth-order valence-corrected chi connectivity index (χ4v) is 3.27. The molecule has 3 nitrogen and oxygen atoms in total. The average Bonchev–Trinajstić information content (AvgIpc) is 2.44. The van der Waals surface area contributed by atoms with Gasteiger partial charge >= 0.3 is 0 Å². The molecule has 112 valence electrons. The standard InChI is InChI=1S/C17H28N2O/c1-13(7-3-2-4-12-20)19-16-11-6-9-14-8-5-10-15(18)17(14)16/h5-6,8-10,13,15-17,19-20H,2-4,7,11-12,18H2,1H3. The van der Waals surface area contributed by atoms with E-state index in [1.54, 1.807) is 0 Å². The van der Waals surface area contributed by atoms with Gasteiger partial charge in [0.25, 0.3) is 0 Å². The highest BCUT2D eigenvalue weighted by Crippen LogP contribution is 2.30. The maximum atomic E-state index is 8.80. The summed E-state index contributed by atoms with van der Waals surface area (Å²) < 4.78 is 0. The van der Waals surface area contributed by atoms with E-state index >= 15 is 0 Å². The predicted octanol–water partition coefficient (Wildman–Crippen LogP) is 2.29. The maximum Gasteiger partial charge on any atom is 0.0431 e. The molecule has 2 aliphatic carbocycles. The van der Waals surface area contributed by atoms with E-state index in [0.29, 0.717) is 24.6 Å². The lowest BCUT2D eigenvalue weighted by molar-refractivity contribution is 0.278. The van der Waals surface area contributed by atoms with Crippen LogP contribution < -0.4 is 11.1 Å². The van der Waals surface area contributed by atoms with Gasteiger partial charge in [0.15, 0.2) is 0 Å². The van der Waals surface area contributed by atoms with E-state index in [0.717, 1.165) is 25.7 Å². The van der Waals surface area contributed by atoms with Gasteiger partial charge in [0, 0.05) is 30.7 Å². The van der Waals surface area contributed by atoms with Crippen molar-refractivity contribution in [1.82, 2.24) is 5.32 Å². The van der Waals surface area contributed by atoms with Crippen molar-refractivity contribution < 1.29 is 5.11 Å². The van der Waals surface area contributed by atoms with Crippen LogP contribution in [0.4, 0.5) is 0 Å². The average molecular weight is 276 g/mol. The summed E-state index contributed by atoms with van der Waals surface area (Å²) in [5.41, 5.74) is 7.62. The Morgan fingerprint density at radius 1 is 1.40 bits per heavy atom. The van der Waals surface area contributed by atoms with E-state index in [1.807, 2.05) is 0 Å². The van der Waals surface area contributed by atoms with E-state index in [9.17, 15) is 0 Å². The van der Waals surface area contributed by atoms with Crippen LogP contribution in [0.5, 0.6) is 0 Å². The number of aliphatic hydroxyl groups excluding tert-OH is 1. The van der Waals surface area contributed by atoms with Crippen molar-refractivity contribution in [3.8, 4) is 0 Å². The Hall–Kier alpha value is -0.900. The van der Waals surface area contributed by atoms with Gasteiger partial charge in [0.2, 0.25) is 0 Å². The van der Waals surface area contributed by atoms with Gasteiger partial charge in [-0.2, -0.15) is 0 Å². The minimum atomic E-state index is 0.124. The highest BCUT2D eigenvalue weighted by molar-refractivity contribution is 5.37. The SMILES string of the molecule is CC(CCCCCO)NC1CC=CC2=CC=CC(N)C21. The second kappa shape index (κ2) is 7.77. The second-order valence-electron chi connectivity index (χ2n) is 6.04. The molecule has 0 spiro atoms. The molecule has 0 aromatic carbocycles. The fraction of sp³-hybridized carbons (Fsp3) is 0.647. The molecule has 20 heavy (non-hydrogen) atoms. The van der Waals surface area contributed by atoms with Crippen LogP contribution in [0.3, 0.4) is 0 Å². The third kappa shape index (κ3) is 4.05. The summed E-state index contributed by atoms with van der Waals surface area (Å²) in [6.45, 7) is 2.57. The Bertz CT molecular complexity index is 386. The number of rotatable bonds is 7. The third-order valence-corrected chi connectivity index (χ3v) is 4.35. The first-order chi connectivity index (χ1) is 9.72. The Balaban J connectivity index is 1.84. The summed E-state index contributed by atoms with van der Waals surface area (Å²) in [5, 5.41) is 12.6. The molecule has 4 unspecified atom stereocenters. The van der Waals surface area contributed by atoms with Crippen LogP contribution in [-0.2, 0) is 0 Å². The topological polar surface area (TPSA) is 58.3 Å². The van der Waals surface area contributed by atoms with Crippen molar-refractivity contribution in [3.63, 3.8) is 0 Å². The van der Waals surface area contributed by atoms with Crippen LogP contribution in [0.25, 0.3) is 0 Å². The fourth-order valence-electron chi connectivity index (χ4n) is 3.27. The summed E-state index contributed by atoms with van der Waals surface area (Å²) >= 11 is 0. The van der Waals surface area contributed by atoms with Crippen molar-refractivity contribution in [3.05, 3.63) is 36.0 Å². The number of nitrogens with two attached hydrogens (primary N) is 1. The first-order valence-corrected chi connectivity index (χ1v) is 7.90. The van der Waals surface area contributed by atoms with E-state index in [-0.39, 0.29) is 6.04 Å². The lowest BCUT2D eigenvalue weighted by atomic mass is 9.77. The van der Waals surface area contributed by atoms with Gasteiger partial charge < -0.3 is 16.2 Å². The van der Waals surface area contributed by atoms with Crippen LogP contribution >= 0.6 is 0 Å². The smallest absolute Gasteiger partial charge is 0.0431 e. The zero-order chi connectivity index (χ0) is 14.4. The van der Waals surface area contributed by atoms with Gasteiger partial charge in [0.1, 0.15) is 0 Å². The summed E-state index contributed by atoms with van der Waals surface area (Å²) in [7, 11) is 0. The molecule has 4 N–H and O–H groups in total. The molecule has 2 aliphatic rings. The van der Waals surface area contributed by atoms with Crippen LogP contribution in [0.2, 0.25) is 0 Å². The number of nitrogens with one attached hydrogen (secondary N) is 1. The Labute approximate surface area is 122 Å². The van der Waals surface area contributed by atoms with Crippen molar-refractivity contribution >= 4 is 0 Å². The number of hydrogen-bond acceptors (Lipinski definition) is 3. The predicted molar refractivity (Wildman–Crippen MR) is 84.4 cm³/mol. The third-order valence-electron chi connectivity index (χ3n) is 4.35. The number of hydrogen-bond donors (Lipinski definition) is 3. The van der Waals surface area contributed by atoms with Gasteiger partial charge in [-0.25, -0.2) is 0 Å². The molecule has 0 saturated carbocycles. The molecule has 0 bridgehead atoms. The van der Waals surface area contributed by atoms with E-state index < -0.39 is 0 Å². The molecule has 3 heteroatoms. The molecule has 0 saturated heterocycles. The van der Waals surface area contributed by atoms with E-state index in [1.165, 1.54) is 12.0 Å². The minimum absolute atomic E-state index is 0.124. The van der Waals surface area contributed by atoms with Gasteiger partial charge in [-0.05, 0) is 31.8 Å². The van der Waals surface area contributed by atoms with Crippen molar-refractivity contribution in [2.45, 2.75) is 57.2 Å². The Kier molecular flexibility index (Phi) is 6.02. The molecular formula is C17H28N2O. The van der Waals surface area contributed by atoms with E-state index in [2.05, 4.69) is 42.6 Å². The summed E-state index contributed by atoms with van der Waals surface area (Å²) in [5.74, 6) is 0.407. The van der Waals surface area contributed by atoms with Gasteiger partial charge in [0.05, 0.1) is 0 Å². The van der Waals surface area contributed by atoms with Crippen LogP contribution in [0.15, 0.2) is 36.0 Å². The number of unbranched alkanes of at least 4 members (excludes halogenated alkanes) is 2.